The molecule has 1 aromatic carbocycles. The van der Waals surface area contributed by atoms with E-state index in [2.05, 4.69) is 26.2 Å². The van der Waals surface area contributed by atoms with Crippen LogP contribution >= 0.6 is 27.3 Å². The number of aromatic nitrogens is 1. The summed E-state index contributed by atoms with van der Waals surface area (Å²) in [6, 6.07) is 3.39. The zero-order chi connectivity index (χ0) is 29.5. The first kappa shape index (κ1) is 29.8. The Labute approximate surface area is 249 Å². The molecule has 1 atom stereocenters. The van der Waals surface area contributed by atoms with E-state index >= 15 is 0 Å². The van der Waals surface area contributed by atoms with Crippen molar-refractivity contribution in [1.82, 2.24) is 14.6 Å². The lowest BCUT2D eigenvalue weighted by atomic mass is 9.70. The minimum Gasteiger partial charge on any atom is -0.481 e. The number of rotatable bonds is 8. The van der Waals surface area contributed by atoms with E-state index < -0.39 is 44.5 Å². The van der Waals surface area contributed by atoms with Crippen LogP contribution in [0.3, 0.4) is 0 Å². The number of ether oxygens (including phenoxy) is 1. The molecule has 41 heavy (non-hydrogen) atoms. The number of benzene rings is 1. The van der Waals surface area contributed by atoms with Crippen LogP contribution in [0.2, 0.25) is 0 Å². The quantitative estimate of drug-likeness (QED) is 0.398. The maximum Gasteiger partial charge on any atom is 0.338 e. The Morgan fingerprint density at radius 2 is 2.00 bits per heavy atom. The molecule has 14 heteroatoms. The third-order valence-corrected chi connectivity index (χ3v) is 11.7. The van der Waals surface area contributed by atoms with Crippen molar-refractivity contribution in [3.05, 3.63) is 61.9 Å². The van der Waals surface area contributed by atoms with Crippen LogP contribution in [0.1, 0.15) is 56.1 Å². The number of halogens is 2. The third kappa shape index (κ3) is 5.71. The van der Waals surface area contributed by atoms with E-state index in [-0.39, 0.29) is 44.0 Å². The summed E-state index contributed by atoms with van der Waals surface area (Å²) in [5.41, 5.74) is 0.436. The molecule has 220 valence electrons. The first-order valence-electron chi connectivity index (χ1n) is 13.3. The topological polar surface area (TPSA) is 138 Å². The number of aliphatic imine (C=N–C) groups is 1. The van der Waals surface area contributed by atoms with E-state index in [1.165, 1.54) is 27.8 Å². The lowest BCUT2D eigenvalue weighted by molar-refractivity contribution is -0.152. The predicted molar refractivity (Wildman–Crippen MR) is 154 cm³/mol. The minimum atomic E-state index is -3.66. The molecule has 3 heterocycles. The number of thiazole rings is 1. The van der Waals surface area contributed by atoms with Crippen molar-refractivity contribution >= 4 is 55.1 Å². The third-order valence-electron chi connectivity index (χ3n) is 7.98. The molecule has 0 amide bonds. The number of carbonyl (C=O) groups excluding carboxylic acids is 1. The standard InChI is InChI=1S/C27H30BrFN4O6S2/c1-3-39-25(34)20-21(15-6-9-33(10-7-15)41(37,38)17-13-27(2,14-17)26(35)36)31-23(24-30-8-11-40-24)32-22(20)18-5-4-16(29)12-19(18)28/h4-5,8,11-12,15,17,22H,3,6-7,9-10,13-14H2,1-2H3,(H,31,32)(H,35,36)/t17-,22-,27-/m0/s1. The summed E-state index contributed by atoms with van der Waals surface area (Å²) in [7, 11) is -3.66. The monoisotopic (exact) mass is 668 g/mol. The first-order chi connectivity index (χ1) is 19.4. The van der Waals surface area contributed by atoms with E-state index in [1.54, 1.807) is 26.1 Å². The SMILES string of the molecule is CCOC(=O)C1=C(C2CCN(S(=O)(=O)[C@H]3C[C@](C)(C(=O)O)C3)CC2)NC(c2nccs2)=N[C@H]1c1ccc(F)cc1Br. The van der Waals surface area contributed by atoms with E-state index in [0.29, 0.717) is 39.4 Å². The van der Waals surface area contributed by atoms with Crippen molar-refractivity contribution in [2.45, 2.75) is 50.8 Å². The highest BCUT2D eigenvalue weighted by molar-refractivity contribution is 9.10. The molecular weight excluding hydrogens is 639 g/mol. The number of amidine groups is 1. The van der Waals surface area contributed by atoms with E-state index in [9.17, 15) is 27.5 Å². The van der Waals surface area contributed by atoms with Gasteiger partial charge in [-0.2, -0.15) is 0 Å². The van der Waals surface area contributed by atoms with E-state index in [4.69, 9.17) is 9.73 Å². The Balaban J connectivity index is 1.46. The number of carboxylic acid groups (broad SMARTS) is 1. The lowest BCUT2D eigenvalue weighted by Crippen LogP contribution is -2.54. The molecular formula is C27H30BrFN4O6S2. The number of esters is 1. The van der Waals surface area contributed by atoms with Crippen molar-refractivity contribution < 1.29 is 32.2 Å². The molecule has 10 nitrogen and oxygen atoms in total. The zero-order valence-corrected chi connectivity index (χ0v) is 25.7. The van der Waals surface area contributed by atoms with Crippen LogP contribution in [-0.4, -0.2) is 65.5 Å². The Kier molecular flexibility index (Phi) is 8.39. The molecule has 2 N–H and O–H groups in total. The van der Waals surface area contributed by atoms with Crippen LogP contribution in [0.5, 0.6) is 0 Å². The Morgan fingerprint density at radius 1 is 1.29 bits per heavy atom. The molecule has 3 aliphatic rings. The van der Waals surface area contributed by atoms with Crippen LogP contribution in [0.4, 0.5) is 4.39 Å². The molecule has 2 fully saturated rings. The number of hydrogen-bond donors (Lipinski definition) is 2. The molecule has 5 rings (SSSR count). The maximum atomic E-state index is 14.0. The van der Waals surface area contributed by atoms with Crippen LogP contribution < -0.4 is 5.32 Å². The van der Waals surface area contributed by atoms with Crippen molar-refractivity contribution in [2.24, 2.45) is 16.3 Å². The van der Waals surface area contributed by atoms with Crippen LogP contribution in [0, 0.1) is 17.2 Å². The van der Waals surface area contributed by atoms with Gasteiger partial charge in [0.15, 0.2) is 10.8 Å². The van der Waals surface area contributed by atoms with Gasteiger partial charge in [0, 0.05) is 40.8 Å². The molecule has 0 spiro atoms. The summed E-state index contributed by atoms with van der Waals surface area (Å²) >= 11 is 4.80. The molecule has 2 aromatic rings. The Hall–Kier alpha value is -2.68. The van der Waals surface area contributed by atoms with Gasteiger partial charge in [-0.05, 0) is 57.2 Å². The molecule has 1 aliphatic carbocycles. The van der Waals surface area contributed by atoms with Crippen LogP contribution in [0.15, 0.2) is 50.5 Å². The van der Waals surface area contributed by atoms with E-state index in [0.717, 1.165) is 0 Å². The predicted octanol–water partition coefficient (Wildman–Crippen LogP) is 4.25. The second-order valence-electron chi connectivity index (χ2n) is 10.7. The summed E-state index contributed by atoms with van der Waals surface area (Å²) in [6.45, 7) is 3.87. The second kappa shape index (κ2) is 11.5. The normalized spacial score (nSPS) is 25.7. The summed E-state index contributed by atoms with van der Waals surface area (Å²) in [5.74, 6) is -1.75. The number of sulfonamides is 1. The fraction of sp³-hybridized carbons (Fsp3) is 0.481. The van der Waals surface area contributed by atoms with Gasteiger partial charge in [0.2, 0.25) is 10.0 Å². The molecule has 1 aromatic heterocycles. The molecule has 0 unspecified atom stereocenters. The number of carbonyl (C=O) groups is 2. The minimum absolute atomic E-state index is 0.0895. The molecule has 0 radical (unpaired) electrons. The number of allylic oxidation sites excluding steroid dienone is 1. The van der Waals surface area contributed by atoms with Crippen molar-refractivity contribution in [1.29, 1.82) is 0 Å². The Bertz CT molecular complexity index is 1510. The van der Waals surface area contributed by atoms with Crippen molar-refractivity contribution in [3.63, 3.8) is 0 Å². The molecule has 1 saturated carbocycles. The number of aliphatic carboxylic acids is 1. The van der Waals surface area contributed by atoms with Gasteiger partial charge in [0.25, 0.3) is 0 Å². The number of hydrogen-bond acceptors (Lipinski definition) is 9. The van der Waals surface area contributed by atoms with Gasteiger partial charge in [-0.25, -0.2) is 26.9 Å². The average molecular weight is 670 g/mol. The number of carboxylic acids is 1. The van der Waals surface area contributed by atoms with Crippen molar-refractivity contribution in [3.8, 4) is 0 Å². The Morgan fingerprint density at radius 3 is 2.59 bits per heavy atom. The van der Waals surface area contributed by atoms with Crippen LogP contribution in [0.25, 0.3) is 0 Å². The van der Waals surface area contributed by atoms with Gasteiger partial charge in [-0.3, -0.25) is 9.79 Å². The highest BCUT2D eigenvalue weighted by Crippen LogP contribution is 2.46. The fourth-order valence-electron chi connectivity index (χ4n) is 5.66. The second-order valence-corrected chi connectivity index (χ2v) is 14.6. The highest BCUT2D eigenvalue weighted by Gasteiger charge is 2.53. The van der Waals surface area contributed by atoms with Gasteiger partial charge in [0.05, 0.1) is 22.8 Å². The number of nitrogens with zero attached hydrogens (tertiary/aromatic N) is 3. The van der Waals surface area contributed by atoms with Gasteiger partial charge >= 0.3 is 11.9 Å². The largest absolute Gasteiger partial charge is 0.481 e. The zero-order valence-electron chi connectivity index (χ0n) is 22.5. The molecule has 2 aliphatic heterocycles. The summed E-state index contributed by atoms with van der Waals surface area (Å²) in [4.78, 5) is 34.1. The highest BCUT2D eigenvalue weighted by atomic mass is 79.9. The smallest absolute Gasteiger partial charge is 0.338 e. The van der Waals surface area contributed by atoms with Gasteiger partial charge in [-0.15, -0.1) is 11.3 Å². The summed E-state index contributed by atoms with van der Waals surface area (Å²) in [6.07, 6.45) is 2.68. The average Bonchev–Trinajstić information content (AvgIpc) is 3.46. The number of nitrogens with one attached hydrogen (secondary N) is 1. The van der Waals surface area contributed by atoms with Gasteiger partial charge in [0.1, 0.15) is 11.9 Å². The molecule has 1 saturated heterocycles. The first-order valence-corrected chi connectivity index (χ1v) is 16.5. The number of piperidine rings is 1. The molecule has 0 bridgehead atoms. The summed E-state index contributed by atoms with van der Waals surface area (Å²) in [5, 5.41) is 14.4. The summed E-state index contributed by atoms with van der Waals surface area (Å²) < 4.78 is 47.9. The maximum absolute atomic E-state index is 14.0. The fourth-order valence-corrected chi connectivity index (χ4v) is 9.11. The van der Waals surface area contributed by atoms with Gasteiger partial charge in [-0.1, -0.05) is 22.0 Å². The van der Waals surface area contributed by atoms with Gasteiger partial charge < -0.3 is 15.2 Å². The lowest BCUT2D eigenvalue weighted by Gasteiger charge is -2.44. The van der Waals surface area contributed by atoms with E-state index in [1.807, 2.05) is 5.38 Å². The van der Waals surface area contributed by atoms with Crippen molar-refractivity contribution in [2.75, 3.05) is 19.7 Å². The van der Waals surface area contributed by atoms with Crippen LogP contribution in [-0.2, 0) is 24.3 Å².